The van der Waals surface area contributed by atoms with Gasteiger partial charge >= 0.3 is 5.97 Å². The summed E-state index contributed by atoms with van der Waals surface area (Å²) in [5.41, 5.74) is 3.26. The molecule has 0 aliphatic carbocycles. The van der Waals surface area contributed by atoms with Crippen LogP contribution < -0.4 is 10.1 Å². The minimum atomic E-state index is -0.905. The fraction of sp³-hybridized carbons (Fsp3) is 0.273. The number of aromatic carboxylic acids is 1. The number of nitrogens with zero attached hydrogens (tertiary/aromatic N) is 1. The molecule has 2 atom stereocenters. The number of aryl methyl sites for hydroxylation is 1. The van der Waals surface area contributed by atoms with Gasteiger partial charge in [0, 0.05) is 41.3 Å². The number of hydrogen-bond acceptors (Lipinski definition) is 6. The first-order valence-corrected chi connectivity index (χ1v) is 10.4. The van der Waals surface area contributed by atoms with Crippen LogP contribution in [0.25, 0.3) is 10.4 Å². The summed E-state index contributed by atoms with van der Waals surface area (Å²) in [5.74, 6) is -0.0348. The fourth-order valence-electron chi connectivity index (χ4n) is 3.41. The van der Waals surface area contributed by atoms with Crippen molar-refractivity contribution in [1.82, 2.24) is 10.3 Å². The summed E-state index contributed by atoms with van der Waals surface area (Å²) < 4.78 is 6.11. The minimum Gasteiger partial charge on any atom is -0.489 e. The van der Waals surface area contributed by atoms with E-state index in [9.17, 15) is 9.90 Å². The highest BCUT2D eigenvalue weighted by molar-refractivity contribution is 7.13. The minimum absolute atomic E-state index is 0.0507. The van der Waals surface area contributed by atoms with Gasteiger partial charge in [0.1, 0.15) is 11.9 Å². The summed E-state index contributed by atoms with van der Waals surface area (Å²) in [5, 5.41) is 24.2. The van der Waals surface area contributed by atoms with Gasteiger partial charge in [0.05, 0.1) is 11.7 Å². The monoisotopic (exact) mass is 410 g/mol. The van der Waals surface area contributed by atoms with Gasteiger partial charge in [-0.3, -0.25) is 4.98 Å². The van der Waals surface area contributed by atoms with E-state index in [0.29, 0.717) is 18.7 Å². The third kappa shape index (κ3) is 4.64. The van der Waals surface area contributed by atoms with Crippen molar-refractivity contribution >= 4 is 17.3 Å². The van der Waals surface area contributed by atoms with Crippen LogP contribution in [0.15, 0.2) is 54.2 Å². The molecule has 0 radical (unpaired) electrons. The largest absolute Gasteiger partial charge is 0.489 e. The molecule has 3 N–H and O–H groups in total. The second-order valence-electron chi connectivity index (χ2n) is 7.07. The Bertz CT molecular complexity index is 989. The summed E-state index contributed by atoms with van der Waals surface area (Å²) in [6, 6.07) is 11.4. The predicted molar refractivity (Wildman–Crippen MR) is 112 cm³/mol. The van der Waals surface area contributed by atoms with Gasteiger partial charge in [0.25, 0.3) is 0 Å². The molecule has 0 saturated carbocycles. The number of aliphatic hydroxyl groups excluding tert-OH is 1. The number of carbonyl (C=O) groups is 1. The second-order valence-corrected chi connectivity index (χ2v) is 7.98. The molecule has 4 rings (SSSR count). The van der Waals surface area contributed by atoms with E-state index in [-0.39, 0.29) is 6.10 Å². The Morgan fingerprint density at radius 2 is 2.24 bits per heavy atom. The Labute approximate surface area is 172 Å². The molecular weight excluding hydrogens is 388 g/mol. The van der Waals surface area contributed by atoms with Crippen molar-refractivity contribution in [3.8, 4) is 16.2 Å². The Morgan fingerprint density at radius 1 is 1.34 bits per heavy atom. The first-order valence-electron chi connectivity index (χ1n) is 9.50. The van der Waals surface area contributed by atoms with Crippen LogP contribution in [-0.2, 0) is 6.42 Å². The molecule has 3 aromatic rings. The van der Waals surface area contributed by atoms with Crippen LogP contribution in [0.5, 0.6) is 5.75 Å². The maximum Gasteiger partial charge on any atom is 0.336 e. The van der Waals surface area contributed by atoms with Crippen molar-refractivity contribution in [3.05, 3.63) is 70.9 Å². The topological polar surface area (TPSA) is 91.7 Å². The van der Waals surface area contributed by atoms with Gasteiger partial charge in [-0.15, -0.1) is 11.3 Å². The van der Waals surface area contributed by atoms with E-state index in [2.05, 4.69) is 16.4 Å². The third-order valence-corrected chi connectivity index (χ3v) is 5.98. The smallest absolute Gasteiger partial charge is 0.336 e. The van der Waals surface area contributed by atoms with Crippen LogP contribution in [0, 0.1) is 0 Å². The molecule has 0 saturated heterocycles. The first kappa shape index (κ1) is 19.6. The summed E-state index contributed by atoms with van der Waals surface area (Å²) in [7, 11) is 0. The van der Waals surface area contributed by atoms with Crippen molar-refractivity contribution in [3.63, 3.8) is 0 Å². The lowest BCUT2D eigenvalue weighted by Gasteiger charge is -2.27. The Morgan fingerprint density at radius 3 is 3.00 bits per heavy atom. The van der Waals surface area contributed by atoms with Gasteiger partial charge in [0.15, 0.2) is 0 Å². The lowest BCUT2D eigenvalue weighted by atomic mass is 9.99. The molecule has 1 aromatic carbocycles. The normalized spacial score (nSPS) is 16.7. The highest BCUT2D eigenvalue weighted by Gasteiger charge is 2.21. The van der Waals surface area contributed by atoms with Gasteiger partial charge in [-0.1, -0.05) is 6.07 Å². The maximum atomic E-state index is 11.1. The van der Waals surface area contributed by atoms with Gasteiger partial charge in [-0.25, -0.2) is 4.79 Å². The maximum absolute atomic E-state index is 11.1. The molecule has 3 heterocycles. The highest BCUT2D eigenvalue weighted by Crippen LogP contribution is 2.34. The molecular formula is C22H22N2O4S. The van der Waals surface area contributed by atoms with Crippen LogP contribution in [0.3, 0.4) is 0 Å². The number of thiophene rings is 1. The van der Waals surface area contributed by atoms with Crippen LogP contribution in [-0.4, -0.2) is 40.4 Å². The van der Waals surface area contributed by atoms with E-state index < -0.39 is 12.1 Å². The van der Waals surface area contributed by atoms with Crippen molar-refractivity contribution in [1.29, 1.82) is 0 Å². The molecule has 0 amide bonds. The molecule has 1 aliphatic rings. The second kappa shape index (κ2) is 8.73. The SMILES string of the molecule is O=C(O)c1csc(-c2ccc3c(c2)CC[C@H](CNC[C@H](O)c2cccnc2)O3)c1. The molecule has 0 unspecified atom stereocenters. The number of carboxylic acid groups (broad SMARTS) is 1. The summed E-state index contributed by atoms with van der Waals surface area (Å²) in [4.78, 5) is 16.1. The third-order valence-electron chi connectivity index (χ3n) is 5.00. The van der Waals surface area contributed by atoms with Crippen molar-refractivity contribution < 1.29 is 19.7 Å². The van der Waals surface area contributed by atoms with E-state index in [1.54, 1.807) is 23.8 Å². The lowest BCUT2D eigenvalue weighted by Crippen LogP contribution is -2.36. The number of nitrogens with one attached hydrogen (secondary N) is 1. The highest BCUT2D eigenvalue weighted by atomic mass is 32.1. The molecule has 2 aromatic heterocycles. The van der Waals surface area contributed by atoms with Gasteiger partial charge in [-0.2, -0.15) is 0 Å². The number of aliphatic hydroxyl groups is 1. The zero-order valence-electron chi connectivity index (χ0n) is 15.7. The van der Waals surface area contributed by atoms with Crippen LogP contribution in [0.4, 0.5) is 0 Å². The van der Waals surface area contributed by atoms with E-state index >= 15 is 0 Å². The molecule has 29 heavy (non-hydrogen) atoms. The molecule has 0 bridgehead atoms. The van der Waals surface area contributed by atoms with Crippen molar-refractivity contribution in [2.75, 3.05) is 13.1 Å². The molecule has 1 aliphatic heterocycles. The zero-order valence-corrected chi connectivity index (χ0v) is 16.6. The number of hydrogen-bond donors (Lipinski definition) is 3. The molecule has 6 nitrogen and oxygen atoms in total. The van der Waals surface area contributed by atoms with Crippen LogP contribution in [0.1, 0.15) is 34.0 Å². The van der Waals surface area contributed by atoms with Gasteiger partial charge in [0.2, 0.25) is 0 Å². The zero-order chi connectivity index (χ0) is 20.2. The first-order chi connectivity index (χ1) is 14.1. The average Bonchev–Trinajstić information content (AvgIpc) is 3.24. The van der Waals surface area contributed by atoms with E-state index in [1.807, 2.05) is 24.3 Å². The fourth-order valence-corrected chi connectivity index (χ4v) is 4.29. The number of pyridine rings is 1. The van der Waals surface area contributed by atoms with Crippen LogP contribution >= 0.6 is 11.3 Å². The predicted octanol–water partition coefficient (Wildman–Crippen LogP) is 3.53. The number of rotatable bonds is 7. The lowest BCUT2D eigenvalue weighted by molar-refractivity contribution is 0.0697. The van der Waals surface area contributed by atoms with E-state index in [1.165, 1.54) is 11.3 Å². The molecule has 150 valence electrons. The Balaban J connectivity index is 1.33. The molecule has 0 spiro atoms. The number of carboxylic acids is 1. The summed E-state index contributed by atoms with van der Waals surface area (Å²) in [6.45, 7) is 1.10. The Hall–Kier alpha value is -2.74. The summed E-state index contributed by atoms with van der Waals surface area (Å²) in [6.07, 6.45) is 4.60. The van der Waals surface area contributed by atoms with E-state index in [4.69, 9.17) is 9.84 Å². The molecule has 0 fully saturated rings. The number of fused-ring (bicyclic) bond motifs is 1. The average molecular weight is 410 g/mol. The van der Waals surface area contributed by atoms with Crippen molar-refractivity contribution in [2.45, 2.75) is 25.0 Å². The quantitative estimate of drug-likeness (QED) is 0.552. The summed E-state index contributed by atoms with van der Waals surface area (Å²) >= 11 is 1.43. The standard InChI is InChI=1S/C22H22N2O4S/c25-19(16-2-1-7-23-10-16)12-24-11-18-5-3-14-8-15(4-6-20(14)28-18)21-9-17(13-29-21)22(26)27/h1-2,4,6-10,13,18-19,24-25H,3,5,11-12H2,(H,26,27)/t18-,19+/m1/s1. The Kier molecular flexibility index (Phi) is 5.89. The number of aromatic nitrogens is 1. The van der Waals surface area contributed by atoms with E-state index in [0.717, 1.165) is 40.2 Å². The number of benzene rings is 1. The molecule has 7 heteroatoms. The van der Waals surface area contributed by atoms with Crippen LogP contribution in [0.2, 0.25) is 0 Å². The van der Waals surface area contributed by atoms with Gasteiger partial charge < -0.3 is 20.3 Å². The number of ether oxygens (including phenoxy) is 1. The van der Waals surface area contributed by atoms with Crippen molar-refractivity contribution in [2.24, 2.45) is 0 Å². The van der Waals surface area contributed by atoms with Gasteiger partial charge in [-0.05, 0) is 54.3 Å².